The van der Waals surface area contributed by atoms with Gasteiger partial charge in [-0.1, -0.05) is 0 Å². The van der Waals surface area contributed by atoms with Crippen LogP contribution < -0.4 is 10.6 Å². The molecule has 0 bridgehead atoms. The minimum absolute atomic E-state index is 0.00825. The molecule has 0 radical (unpaired) electrons. The molecule has 6 nitrogen and oxygen atoms in total. The van der Waals surface area contributed by atoms with E-state index in [9.17, 15) is 4.79 Å². The van der Waals surface area contributed by atoms with Crippen molar-refractivity contribution >= 4 is 11.7 Å². The third kappa shape index (κ3) is 4.00. The number of carbonyl (C=O) groups is 1. The van der Waals surface area contributed by atoms with E-state index in [-0.39, 0.29) is 12.5 Å². The summed E-state index contributed by atoms with van der Waals surface area (Å²) in [4.78, 5) is 24.7. The molecule has 1 saturated carbocycles. The van der Waals surface area contributed by atoms with Gasteiger partial charge in [0.05, 0.1) is 6.54 Å². The van der Waals surface area contributed by atoms with Gasteiger partial charge in [-0.05, 0) is 37.8 Å². The van der Waals surface area contributed by atoms with Gasteiger partial charge in [-0.15, -0.1) is 0 Å². The fourth-order valence-corrected chi connectivity index (χ4v) is 2.10. The number of rotatable bonds is 6. The highest BCUT2D eigenvalue weighted by molar-refractivity contribution is 5.80. The van der Waals surface area contributed by atoms with Crippen LogP contribution in [-0.2, 0) is 4.79 Å². The third-order valence-electron chi connectivity index (χ3n) is 3.49. The van der Waals surface area contributed by atoms with E-state index in [1.165, 1.54) is 12.8 Å². The van der Waals surface area contributed by atoms with E-state index in [4.69, 9.17) is 0 Å². The number of hydrogen-bond acceptors (Lipinski definition) is 5. The first-order valence-corrected chi connectivity index (χ1v) is 7.47. The van der Waals surface area contributed by atoms with Gasteiger partial charge >= 0.3 is 0 Å². The standard InChI is InChI=1S/C16H19N5O/c1-11-7-14(18-10-15(22)19-8-12-4-5-12)21-16(20-11)13-3-2-6-17-9-13/h2-3,6-7,9,12H,4-5,8,10H2,1H3,(H,19,22)(H,18,20,21). The van der Waals surface area contributed by atoms with Gasteiger partial charge in [-0.3, -0.25) is 9.78 Å². The number of pyridine rings is 1. The predicted octanol–water partition coefficient (Wildman–Crippen LogP) is 1.79. The van der Waals surface area contributed by atoms with Gasteiger partial charge in [-0.2, -0.15) is 0 Å². The van der Waals surface area contributed by atoms with Gasteiger partial charge in [0.1, 0.15) is 5.82 Å². The molecule has 2 aromatic heterocycles. The molecule has 0 atom stereocenters. The molecule has 6 heteroatoms. The van der Waals surface area contributed by atoms with Crippen LogP contribution >= 0.6 is 0 Å². The summed E-state index contributed by atoms with van der Waals surface area (Å²) in [6.45, 7) is 2.90. The number of amides is 1. The molecule has 1 aliphatic carbocycles. The highest BCUT2D eigenvalue weighted by Crippen LogP contribution is 2.27. The van der Waals surface area contributed by atoms with E-state index in [2.05, 4.69) is 25.6 Å². The van der Waals surface area contributed by atoms with Crippen molar-refractivity contribution in [2.24, 2.45) is 5.92 Å². The molecular formula is C16H19N5O. The first-order chi connectivity index (χ1) is 10.7. The van der Waals surface area contributed by atoms with Crippen LogP contribution in [-0.4, -0.2) is 33.9 Å². The second-order valence-corrected chi connectivity index (χ2v) is 5.56. The molecule has 0 aromatic carbocycles. The Hall–Kier alpha value is -2.50. The Balaban J connectivity index is 1.63. The highest BCUT2D eigenvalue weighted by Gasteiger charge is 2.21. The first-order valence-electron chi connectivity index (χ1n) is 7.47. The molecule has 2 N–H and O–H groups in total. The zero-order valence-electron chi connectivity index (χ0n) is 12.5. The molecule has 2 heterocycles. The van der Waals surface area contributed by atoms with Crippen molar-refractivity contribution in [3.63, 3.8) is 0 Å². The van der Waals surface area contributed by atoms with Gasteiger partial charge in [0.25, 0.3) is 0 Å². The van der Waals surface area contributed by atoms with E-state index in [0.29, 0.717) is 17.6 Å². The second kappa shape index (κ2) is 6.51. The zero-order chi connectivity index (χ0) is 15.4. The average molecular weight is 297 g/mol. The molecule has 2 aromatic rings. The largest absolute Gasteiger partial charge is 0.361 e. The molecule has 0 spiro atoms. The number of carbonyl (C=O) groups excluding carboxylic acids is 1. The topological polar surface area (TPSA) is 79.8 Å². The molecular weight excluding hydrogens is 278 g/mol. The fraction of sp³-hybridized carbons (Fsp3) is 0.375. The van der Waals surface area contributed by atoms with Crippen LogP contribution in [0.15, 0.2) is 30.6 Å². The van der Waals surface area contributed by atoms with Crippen molar-refractivity contribution in [2.75, 3.05) is 18.4 Å². The molecule has 114 valence electrons. The Morgan fingerprint density at radius 2 is 2.23 bits per heavy atom. The first kappa shape index (κ1) is 14.4. The lowest BCUT2D eigenvalue weighted by Crippen LogP contribution is -2.31. The monoisotopic (exact) mass is 297 g/mol. The fourth-order valence-electron chi connectivity index (χ4n) is 2.10. The molecule has 0 aliphatic heterocycles. The van der Waals surface area contributed by atoms with Crippen LogP contribution in [0.5, 0.6) is 0 Å². The third-order valence-corrected chi connectivity index (χ3v) is 3.49. The SMILES string of the molecule is Cc1cc(NCC(=O)NCC2CC2)nc(-c2cccnc2)n1. The summed E-state index contributed by atoms with van der Waals surface area (Å²) in [6.07, 6.45) is 5.89. The Bertz CT molecular complexity index is 655. The normalized spacial score (nSPS) is 13.7. The number of aromatic nitrogens is 3. The van der Waals surface area contributed by atoms with Crippen LogP contribution in [0.1, 0.15) is 18.5 Å². The Labute approximate surface area is 129 Å². The van der Waals surface area contributed by atoms with Crippen molar-refractivity contribution in [2.45, 2.75) is 19.8 Å². The van der Waals surface area contributed by atoms with E-state index >= 15 is 0 Å². The van der Waals surface area contributed by atoms with Gasteiger partial charge in [0, 0.05) is 36.3 Å². The highest BCUT2D eigenvalue weighted by atomic mass is 16.1. The number of nitrogens with one attached hydrogen (secondary N) is 2. The summed E-state index contributed by atoms with van der Waals surface area (Å²) >= 11 is 0. The maximum Gasteiger partial charge on any atom is 0.239 e. The Kier molecular flexibility index (Phi) is 4.27. The van der Waals surface area contributed by atoms with Crippen LogP contribution in [0.4, 0.5) is 5.82 Å². The van der Waals surface area contributed by atoms with E-state index in [1.54, 1.807) is 12.4 Å². The summed E-state index contributed by atoms with van der Waals surface area (Å²) in [5.74, 6) is 1.93. The number of anilines is 1. The van der Waals surface area contributed by atoms with Crippen LogP contribution in [0, 0.1) is 12.8 Å². The summed E-state index contributed by atoms with van der Waals surface area (Å²) in [7, 11) is 0. The molecule has 1 amide bonds. The molecule has 0 saturated heterocycles. The second-order valence-electron chi connectivity index (χ2n) is 5.56. The summed E-state index contributed by atoms with van der Waals surface area (Å²) < 4.78 is 0. The van der Waals surface area contributed by atoms with Crippen LogP contribution in [0.3, 0.4) is 0 Å². The number of nitrogens with zero attached hydrogens (tertiary/aromatic N) is 3. The lowest BCUT2D eigenvalue weighted by Gasteiger charge is -2.09. The molecule has 0 unspecified atom stereocenters. The van der Waals surface area contributed by atoms with Crippen molar-refractivity contribution in [3.8, 4) is 11.4 Å². The van der Waals surface area contributed by atoms with E-state index in [0.717, 1.165) is 17.8 Å². The predicted molar refractivity (Wildman–Crippen MR) is 84.2 cm³/mol. The lowest BCUT2D eigenvalue weighted by atomic mass is 10.2. The zero-order valence-corrected chi connectivity index (χ0v) is 12.5. The van der Waals surface area contributed by atoms with Gasteiger partial charge in [0.2, 0.25) is 5.91 Å². The Morgan fingerprint density at radius 1 is 1.36 bits per heavy atom. The van der Waals surface area contributed by atoms with Crippen LogP contribution in [0.25, 0.3) is 11.4 Å². The minimum Gasteiger partial charge on any atom is -0.361 e. The number of hydrogen-bond donors (Lipinski definition) is 2. The van der Waals surface area contributed by atoms with Gasteiger partial charge in [-0.25, -0.2) is 9.97 Å². The van der Waals surface area contributed by atoms with Gasteiger partial charge < -0.3 is 10.6 Å². The molecule has 1 aliphatic rings. The molecule has 1 fully saturated rings. The van der Waals surface area contributed by atoms with Crippen LogP contribution in [0.2, 0.25) is 0 Å². The van der Waals surface area contributed by atoms with Crippen molar-refractivity contribution in [1.82, 2.24) is 20.3 Å². The van der Waals surface area contributed by atoms with Crippen molar-refractivity contribution in [3.05, 3.63) is 36.3 Å². The minimum atomic E-state index is -0.00825. The maximum absolute atomic E-state index is 11.8. The Morgan fingerprint density at radius 3 is 2.95 bits per heavy atom. The molecule has 22 heavy (non-hydrogen) atoms. The van der Waals surface area contributed by atoms with Crippen molar-refractivity contribution < 1.29 is 4.79 Å². The van der Waals surface area contributed by atoms with Crippen molar-refractivity contribution in [1.29, 1.82) is 0 Å². The van der Waals surface area contributed by atoms with E-state index < -0.39 is 0 Å². The maximum atomic E-state index is 11.8. The quantitative estimate of drug-likeness (QED) is 0.849. The molecule has 3 rings (SSSR count). The lowest BCUT2D eigenvalue weighted by molar-refractivity contribution is -0.119. The average Bonchev–Trinajstić information content (AvgIpc) is 3.35. The summed E-state index contributed by atoms with van der Waals surface area (Å²) in [5, 5.41) is 5.98. The summed E-state index contributed by atoms with van der Waals surface area (Å²) in [6, 6.07) is 5.58. The smallest absolute Gasteiger partial charge is 0.239 e. The van der Waals surface area contributed by atoms with Gasteiger partial charge in [0.15, 0.2) is 5.82 Å². The number of aryl methyl sites for hydroxylation is 1. The van der Waals surface area contributed by atoms with E-state index in [1.807, 2.05) is 25.1 Å². The summed E-state index contributed by atoms with van der Waals surface area (Å²) in [5.41, 5.74) is 1.70.